The van der Waals surface area contributed by atoms with E-state index in [2.05, 4.69) is 0 Å². The van der Waals surface area contributed by atoms with Gasteiger partial charge in [-0.2, -0.15) is 0 Å². The van der Waals surface area contributed by atoms with E-state index in [4.69, 9.17) is 16.7 Å². The fraction of sp³-hybridized carbons (Fsp3) is 0.200. The van der Waals surface area contributed by atoms with Gasteiger partial charge in [0, 0.05) is 10.6 Å². The minimum absolute atomic E-state index is 0.0330. The van der Waals surface area contributed by atoms with Crippen LogP contribution in [-0.2, 0) is 9.59 Å². The van der Waals surface area contributed by atoms with Gasteiger partial charge in [-0.1, -0.05) is 29.8 Å². The van der Waals surface area contributed by atoms with Gasteiger partial charge in [-0.15, -0.1) is 0 Å². The van der Waals surface area contributed by atoms with Crippen molar-refractivity contribution in [2.24, 2.45) is 5.41 Å². The first-order chi connectivity index (χ1) is 9.32. The van der Waals surface area contributed by atoms with Gasteiger partial charge in [0.1, 0.15) is 0 Å². The molecule has 0 bridgehead atoms. The largest absolute Gasteiger partial charge is 0.481 e. The zero-order chi connectivity index (χ0) is 14.9. The van der Waals surface area contributed by atoms with E-state index in [0.29, 0.717) is 10.6 Å². The van der Waals surface area contributed by atoms with Gasteiger partial charge in [0.05, 0.1) is 5.41 Å². The minimum atomic E-state index is -1.22. The molecule has 0 spiro atoms. The van der Waals surface area contributed by atoms with Crippen molar-refractivity contribution < 1.29 is 19.8 Å². The summed E-state index contributed by atoms with van der Waals surface area (Å²) in [4.78, 5) is 22.6. The molecule has 1 atom stereocenters. The molecule has 0 radical (unpaired) electrons. The number of benzene rings is 1. The molecule has 0 heterocycles. The van der Waals surface area contributed by atoms with Crippen LogP contribution in [0.25, 0.3) is 5.57 Å². The number of halogens is 1. The summed E-state index contributed by atoms with van der Waals surface area (Å²) in [6, 6.07) is 6.83. The third-order valence-electron chi connectivity index (χ3n) is 3.30. The summed E-state index contributed by atoms with van der Waals surface area (Å²) >= 11 is 5.81. The molecule has 0 fully saturated rings. The Labute approximate surface area is 121 Å². The molecule has 2 rings (SSSR count). The van der Waals surface area contributed by atoms with Crippen LogP contribution in [0.1, 0.15) is 18.9 Å². The molecule has 1 aliphatic rings. The van der Waals surface area contributed by atoms with Crippen molar-refractivity contribution in [2.75, 3.05) is 0 Å². The van der Waals surface area contributed by atoms with Crippen molar-refractivity contribution in [1.29, 1.82) is 0 Å². The average molecular weight is 293 g/mol. The van der Waals surface area contributed by atoms with E-state index in [1.807, 2.05) is 0 Å². The lowest BCUT2D eigenvalue weighted by atomic mass is 9.76. The molecule has 5 heteroatoms. The molecule has 20 heavy (non-hydrogen) atoms. The molecular weight excluding hydrogens is 280 g/mol. The first-order valence-corrected chi connectivity index (χ1v) is 6.36. The second kappa shape index (κ2) is 5.13. The molecule has 0 amide bonds. The van der Waals surface area contributed by atoms with Crippen molar-refractivity contribution >= 4 is 29.1 Å². The van der Waals surface area contributed by atoms with Crippen LogP contribution in [0.5, 0.6) is 0 Å². The number of hydrogen-bond donors (Lipinski definition) is 2. The highest BCUT2D eigenvalue weighted by molar-refractivity contribution is 6.30. The number of carbonyl (C=O) groups is 2. The van der Waals surface area contributed by atoms with Gasteiger partial charge in [0.2, 0.25) is 0 Å². The van der Waals surface area contributed by atoms with Crippen molar-refractivity contribution in [3.05, 3.63) is 52.6 Å². The summed E-state index contributed by atoms with van der Waals surface area (Å²) < 4.78 is 0. The van der Waals surface area contributed by atoms with Gasteiger partial charge in [0.15, 0.2) is 0 Å². The molecule has 0 aliphatic heterocycles. The molecule has 4 nitrogen and oxygen atoms in total. The number of aliphatic carboxylic acids is 2. The molecule has 1 aromatic rings. The van der Waals surface area contributed by atoms with Crippen LogP contribution < -0.4 is 0 Å². The molecule has 104 valence electrons. The van der Waals surface area contributed by atoms with Crippen LogP contribution in [0, 0.1) is 5.41 Å². The Morgan fingerprint density at radius 1 is 1.20 bits per heavy atom. The minimum Gasteiger partial charge on any atom is -0.481 e. The highest BCUT2D eigenvalue weighted by atomic mass is 35.5. The van der Waals surface area contributed by atoms with Gasteiger partial charge in [-0.05, 0) is 42.7 Å². The molecular formula is C15H13ClO4. The third kappa shape index (κ3) is 2.75. The predicted octanol–water partition coefficient (Wildman–Crippen LogP) is 3.23. The van der Waals surface area contributed by atoms with Crippen LogP contribution in [0.4, 0.5) is 0 Å². The van der Waals surface area contributed by atoms with Crippen molar-refractivity contribution in [2.45, 2.75) is 13.3 Å². The van der Waals surface area contributed by atoms with E-state index in [0.717, 1.165) is 5.56 Å². The zero-order valence-electron chi connectivity index (χ0n) is 10.8. The maximum absolute atomic E-state index is 11.4. The van der Waals surface area contributed by atoms with E-state index < -0.39 is 17.4 Å². The fourth-order valence-electron chi connectivity index (χ4n) is 2.15. The maximum atomic E-state index is 11.4. The van der Waals surface area contributed by atoms with E-state index in [9.17, 15) is 14.7 Å². The van der Waals surface area contributed by atoms with Crippen LogP contribution in [0.15, 0.2) is 42.0 Å². The maximum Gasteiger partial charge on any atom is 0.331 e. The van der Waals surface area contributed by atoms with Crippen LogP contribution >= 0.6 is 11.6 Å². The Bertz CT molecular complexity index is 628. The lowest BCUT2D eigenvalue weighted by Gasteiger charge is -2.26. The Kier molecular flexibility index (Phi) is 3.68. The third-order valence-corrected chi connectivity index (χ3v) is 3.55. The zero-order valence-corrected chi connectivity index (χ0v) is 11.5. The number of carboxylic acid groups (broad SMARTS) is 2. The normalized spacial score (nSPS) is 21.9. The van der Waals surface area contributed by atoms with Crippen molar-refractivity contribution in [3.63, 3.8) is 0 Å². The van der Waals surface area contributed by atoms with E-state index in [1.54, 1.807) is 30.3 Å². The summed E-state index contributed by atoms with van der Waals surface area (Å²) in [7, 11) is 0. The topological polar surface area (TPSA) is 74.6 Å². The predicted molar refractivity (Wildman–Crippen MR) is 75.5 cm³/mol. The highest BCUT2D eigenvalue weighted by Gasteiger charge is 2.36. The highest BCUT2D eigenvalue weighted by Crippen LogP contribution is 2.37. The summed E-state index contributed by atoms with van der Waals surface area (Å²) in [5.74, 6) is -2.15. The van der Waals surface area contributed by atoms with E-state index >= 15 is 0 Å². The van der Waals surface area contributed by atoms with E-state index in [-0.39, 0.29) is 12.0 Å². The number of rotatable bonds is 3. The SMILES string of the molecule is CC1(C(=O)O)C=C(c2ccc(Cl)cc2)C=C(C(=O)O)C1. The number of allylic oxidation sites excluding steroid dienone is 2. The molecule has 0 saturated heterocycles. The van der Waals surface area contributed by atoms with Crippen molar-refractivity contribution in [1.82, 2.24) is 0 Å². The Morgan fingerprint density at radius 2 is 1.80 bits per heavy atom. The second-order valence-corrected chi connectivity index (χ2v) is 5.42. The van der Waals surface area contributed by atoms with Gasteiger partial charge in [-0.3, -0.25) is 4.79 Å². The number of carboxylic acids is 2. The molecule has 1 aliphatic carbocycles. The average Bonchev–Trinajstić information content (AvgIpc) is 2.38. The quantitative estimate of drug-likeness (QED) is 0.897. The van der Waals surface area contributed by atoms with Crippen LogP contribution in [-0.4, -0.2) is 22.2 Å². The lowest BCUT2D eigenvalue weighted by Crippen LogP contribution is -2.29. The van der Waals surface area contributed by atoms with Crippen molar-refractivity contribution in [3.8, 4) is 0 Å². The Morgan fingerprint density at radius 3 is 2.30 bits per heavy atom. The molecule has 1 aromatic carbocycles. The summed E-state index contributed by atoms with van der Waals surface area (Å²) in [6.07, 6.45) is 3.07. The molecule has 1 unspecified atom stereocenters. The van der Waals surface area contributed by atoms with Crippen LogP contribution in [0.2, 0.25) is 5.02 Å². The number of hydrogen-bond acceptors (Lipinski definition) is 2. The second-order valence-electron chi connectivity index (χ2n) is 4.98. The first kappa shape index (κ1) is 14.3. The lowest BCUT2D eigenvalue weighted by molar-refractivity contribution is -0.145. The molecule has 0 aromatic heterocycles. The summed E-state index contributed by atoms with van der Waals surface area (Å²) in [5.41, 5.74) is 0.176. The van der Waals surface area contributed by atoms with Crippen LogP contribution in [0.3, 0.4) is 0 Å². The van der Waals surface area contributed by atoms with Gasteiger partial charge in [0.25, 0.3) is 0 Å². The summed E-state index contributed by atoms with van der Waals surface area (Å²) in [6.45, 7) is 1.52. The Hall–Kier alpha value is -2.07. The standard InChI is InChI=1S/C15H13ClO4/c1-15(14(19)20)7-10(6-11(8-15)13(17)18)9-2-4-12(16)5-3-9/h2-7H,8H2,1H3,(H,17,18)(H,19,20). The Balaban J connectivity index is 2.52. The fourth-order valence-corrected chi connectivity index (χ4v) is 2.28. The smallest absolute Gasteiger partial charge is 0.331 e. The van der Waals surface area contributed by atoms with E-state index in [1.165, 1.54) is 13.0 Å². The summed E-state index contributed by atoms with van der Waals surface area (Å²) in [5, 5.41) is 19.0. The first-order valence-electron chi connectivity index (χ1n) is 5.98. The van der Waals surface area contributed by atoms with Gasteiger partial charge >= 0.3 is 11.9 Å². The molecule has 0 saturated carbocycles. The molecule has 2 N–H and O–H groups in total. The monoisotopic (exact) mass is 292 g/mol. The van der Waals surface area contributed by atoms with Gasteiger partial charge in [-0.25, -0.2) is 4.79 Å². The van der Waals surface area contributed by atoms with Gasteiger partial charge < -0.3 is 10.2 Å².